The van der Waals surface area contributed by atoms with E-state index in [4.69, 9.17) is 0 Å². The van der Waals surface area contributed by atoms with Crippen molar-refractivity contribution < 1.29 is 22.4 Å². The number of nitrogens with one attached hydrogen (secondary N) is 1. The van der Waals surface area contributed by atoms with Crippen LogP contribution in [0.3, 0.4) is 0 Å². The average Bonchev–Trinajstić information content (AvgIpc) is 3.14. The number of hydrogen-bond donors (Lipinski definition) is 1. The number of halogens is 4. The summed E-state index contributed by atoms with van der Waals surface area (Å²) in [6, 6.07) is 0. The second-order valence-electron chi connectivity index (χ2n) is 8.91. The lowest BCUT2D eigenvalue weighted by molar-refractivity contribution is 0.0939. The van der Waals surface area contributed by atoms with Crippen LogP contribution in [0.15, 0.2) is 0 Å². The Morgan fingerprint density at radius 2 is 1.66 bits per heavy atom. The molecular formula is C21H25F4N3O. The molecule has 0 bridgehead atoms. The molecule has 0 saturated carbocycles. The van der Waals surface area contributed by atoms with Crippen LogP contribution >= 0.6 is 0 Å². The van der Waals surface area contributed by atoms with Gasteiger partial charge in [-0.15, -0.1) is 0 Å². The number of rotatable bonds is 4. The number of amides is 1. The molecule has 29 heavy (non-hydrogen) atoms. The molecule has 158 valence electrons. The number of aryl methyl sites for hydroxylation is 1. The lowest BCUT2D eigenvalue weighted by Crippen LogP contribution is -2.28. The Labute approximate surface area is 167 Å². The summed E-state index contributed by atoms with van der Waals surface area (Å²) in [6.07, 6.45) is 1.39. The maximum atomic E-state index is 14.5. The largest absolute Gasteiger partial charge is 0.346 e. The zero-order valence-electron chi connectivity index (χ0n) is 17.2. The Balaban J connectivity index is 1.87. The molecule has 1 atom stereocenters. The van der Waals surface area contributed by atoms with E-state index >= 15 is 0 Å². The van der Waals surface area contributed by atoms with Gasteiger partial charge in [-0.25, -0.2) is 17.6 Å². The third-order valence-corrected chi connectivity index (χ3v) is 5.26. The van der Waals surface area contributed by atoms with Crippen LogP contribution in [0.1, 0.15) is 72.9 Å². The minimum Gasteiger partial charge on any atom is -0.346 e. The average molecular weight is 411 g/mol. The number of carbonyl (C=O) groups is 1. The van der Waals surface area contributed by atoms with Crippen LogP contribution in [0.4, 0.5) is 17.6 Å². The molecule has 2 aromatic rings. The van der Waals surface area contributed by atoms with Crippen molar-refractivity contribution in [3.05, 3.63) is 51.3 Å². The zero-order chi connectivity index (χ0) is 21.7. The highest BCUT2D eigenvalue weighted by Gasteiger charge is 2.31. The van der Waals surface area contributed by atoms with Crippen LogP contribution in [0.5, 0.6) is 0 Å². The predicted molar refractivity (Wildman–Crippen MR) is 101 cm³/mol. The van der Waals surface area contributed by atoms with Crippen LogP contribution < -0.4 is 5.32 Å². The number of benzene rings is 1. The Bertz CT molecular complexity index is 947. The van der Waals surface area contributed by atoms with Crippen molar-refractivity contribution in [2.75, 3.05) is 0 Å². The van der Waals surface area contributed by atoms with Crippen LogP contribution in [-0.2, 0) is 26.4 Å². The van der Waals surface area contributed by atoms with E-state index in [0.29, 0.717) is 12.1 Å². The molecule has 1 amide bonds. The van der Waals surface area contributed by atoms with E-state index in [0.717, 1.165) is 17.7 Å². The highest BCUT2D eigenvalue weighted by atomic mass is 19.2. The first kappa shape index (κ1) is 21.3. The fourth-order valence-electron chi connectivity index (χ4n) is 3.83. The number of fused-ring (bicyclic) bond motifs is 1. The van der Waals surface area contributed by atoms with Crippen molar-refractivity contribution in [1.82, 2.24) is 15.1 Å². The van der Waals surface area contributed by atoms with Crippen LogP contribution in [-0.4, -0.2) is 15.7 Å². The molecule has 1 heterocycles. The third kappa shape index (κ3) is 3.89. The monoisotopic (exact) mass is 411 g/mol. The molecule has 1 aromatic heterocycles. The van der Waals surface area contributed by atoms with Crippen LogP contribution in [0.25, 0.3) is 0 Å². The van der Waals surface area contributed by atoms with Gasteiger partial charge in [-0.2, -0.15) is 5.10 Å². The van der Waals surface area contributed by atoms with Gasteiger partial charge in [0.25, 0.3) is 5.91 Å². The maximum absolute atomic E-state index is 14.5. The first-order chi connectivity index (χ1) is 13.4. The molecule has 8 heteroatoms. The predicted octanol–water partition coefficient (Wildman–Crippen LogP) is 4.54. The standard InChI is InChI=1S/C21H25F4N3O/c1-10-6-7-11-18(10)27-28(5)19(11)20(29)26-9-13-16(24)14(22)12(8-21(2,3)4)15(23)17(13)25/h10H,6-9H2,1-5H3,(H,26,29). The molecular weight excluding hydrogens is 386 g/mol. The minimum atomic E-state index is -1.48. The molecule has 1 N–H and O–H groups in total. The van der Waals surface area contributed by atoms with Crippen molar-refractivity contribution in [3.63, 3.8) is 0 Å². The summed E-state index contributed by atoms with van der Waals surface area (Å²) in [7, 11) is 1.61. The van der Waals surface area contributed by atoms with Gasteiger partial charge in [0.2, 0.25) is 0 Å². The van der Waals surface area contributed by atoms with Gasteiger partial charge < -0.3 is 5.32 Å². The minimum absolute atomic E-state index is 0.162. The summed E-state index contributed by atoms with van der Waals surface area (Å²) in [5, 5.41) is 6.72. The molecule has 3 rings (SSSR count). The lowest BCUT2D eigenvalue weighted by atomic mass is 9.87. The highest BCUT2D eigenvalue weighted by Crippen LogP contribution is 2.34. The molecule has 0 aliphatic heterocycles. The fourth-order valence-corrected chi connectivity index (χ4v) is 3.83. The first-order valence-electron chi connectivity index (χ1n) is 9.60. The van der Waals surface area contributed by atoms with Gasteiger partial charge in [0.1, 0.15) is 5.69 Å². The Hall–Kier alpha value is -2.38. The van der Waals surface area contributed by atoms with Crippen molar-refractivity contribution in [1.29, 1.82) is 0 Å². The van der Waals surface area contributed by atoms with Crippen molar-refractivity contribution >= 4 is 5.91 Å². The second kappa shape index (κ2) is 7.46. The number of nitrogens with zero attached hydrogens (tertiary/aromatic N) is 2. The van der Waals surface area contributed by atoms with Gasteiger partial charge in [-0.05, 0) is 24.7 Å². The highest BCUT2D eigenvalue weighted by molar-refractivity contribution is 5.94. The second-order valence-corrected chi connectivity index (χ2v) is 8.91. The maximum Gasteiger partial charge on any atom is 0.270 e. The Kier molecular flexibility index (Phi) is 5.49. The van der Waals surface area contributed by atoms with Crippen molar-refractivity contribution in [2.24, 2.45) is 12.5 Å². The zero-order valence-corrected chi connectivity index (χ0v) is 17.2. The molecule has 0 spiro atoms. The van der Waals surface area contributed by atoms with E-state index in [2.05, 4.69) is 10.4 Å². The summed E-state index contributed by atoms with van der Waals surface area (Å²) >= 11 is 0. The topological polar surface area (TPSA) is 46.9 Å². The van der Waals surface area contributed by atoms with Gasteiger partial charge >= 0.3 is 0 Å². The molecule has 1 aliphatic rings. The molecule has 0 saturated heterocycles. The fraction of sp³-hybridized carbons (Fsp3) is 0.524. The molecule has 0 fully saturated rings. The Morgan fingerprint density at radius 3 is 2.21 bits per heavy atom. The summed E-state index contributed by atoms with van der Waals surface area (Å²) in [5.74, 6) is -6.16. The van der Waals surface area contributed by atoms with E-state index < -0.39 is 52.3 Å². The third-order valence-electron chi connectivity index (χ3n) is 5.26. The molecule has 4 nitrogen and oxygen atoms in total. The van der Waals surface area contributed by atoms with E-state index in [-0.39, 0.29) is 12.3 Å². The van der Waals surface area contributed by atoms with Gasteiger partial charge in [0, 0.05) is 36.2 Å². The normalized spacial score (nSPS) is 16.2. The van der Waals surface area contributed by atoms with Gasteiger partial charge in [0.05, 0.1) is 5.69 Å². The number of carbonyl (C=O) groups excluding carboxylic acids is 1. The van der Waals surface area contributed by atoms with E-state index in [1.165, 1.54) is 4.68 Å². The van der Waals surface area contributed by atoms with Crippen molar-refractivity contribution in [3.8, 4) is 0 Å². The number of hydrogen-bond acceptors (Lipinski definition) is 2. The molecule has 1 unspecified atom stereocenters. The van der Waals surface area contributed by atoms with Gasteiger partial charge in [-0.1, -0.05) is 27.7 Å². The molecule has 1 aliphatic carbocycles. The van der Waals surface area contributed by atoms with Gasteiger partial charge in [-0.3, -0.25) is 9.48 Å². The quantitative estimate of drug-likeness (QED) is 0.593. The summed E-state index contributed by atoms with van der Waals surface area (Å²) in [5.41, 5.74) is -0.0856. The first-order valence-corrected chi connectivity index (χ1v) is 9.60. The lowest BCUT2D eigenvalue weighted by Gasteiger charge is -2.20. The SMILES string of the molecule is CC1CCc2c1nn(C)c2C(=O)NCc1c(F)c(F)c(CC(C)(C)C)c(F)c1F. The summed E-state index contributed by atoms with van der Waals surface area (Å²) in [6.45, 7) is 6.47. The van der Waals surface area contributed by atoms with E-state index in [9.17, 15) is 22.4 Å². The Morgan fingerprint density at radius 1 is 1.10 bits per heavy atom. The van der Waals surface area contributed by atoms with Gasteiger partial charge in [0.15, 0.2) is 23.3 Å². The van der Waals surface area contributed by atoms with E-state index in [1.807, 2.05) is 6.92 Å². The summed E-state index contributed by atoms with van der Waals surface area (Å²) in [4.78, 5) is 12.6. The summed E-state index contributed by atoms with van der Waals surface area (Å²) < 4.78 is 59.2. The van der Waals surface area contributed by atoms with Crippen molar-refractivity contribution in [2.45, 2.75) is 59.4 Å². The van der Waals surface area contributed by atoms with E-state index in [1.54, 1.807) is 27.8 Å². The van der Waals surface area contributed by atoms with Crippen LogP contribution in [0.2, 0.25) is 0 Å². The molecule has 0 radical (unpaired) electrons. The van der Waals surface area contributed by atoms with Crippen LogP contribution in [0, 0.1) is 28.7 Å². The number of aromatic nitrogens is 2. The smallest absolute Gasteiger partial charge is 0.270 e. The molecule has 1 aromatic carbocycles.